The summed E-state index contributed by atoms with van der Waals surface area (Å²) in [5.74, 6) is 0. The van der Waals surface area contributed by atoms with E-state index in [9.17, 15) is 35.9 Å². The zero-order valence-electron chi connectivity index (χ0n) is 26.7. The van der Waals surface area contributed by atoms with E-state index in [1.807, 2.05) is 0 Å². The summed E-state index contributed by atoms with van der Waals surface area (Å²) in [5.41, 5.74) is -4.35. The maximum Gasteiger partial charge on any atom is 0.416 e. The Morgan fingerprint density at radius 3 is 2.00 bits per heavy atom. The lowest BCUT2D eigenvalue weighted by molar-refractivity contribution is -0.143. The zero-order valence-corrected chi connectivity index (χ0v) is 26.7. The van der Waals surface area contributed by atoms with Crippen LogP contribution in [0.3, 0.4) is 0 Å². The summed E-state index contributed by atoms with van der Waals surface area (Å²) in [5, 5.41) is 2.70. The molecule has 0 aliphatic carbocycles. The van der Waals surface area contributed by atoms with Crippen molar-refractivity contribution in [1.29, 1.82) is 0 Å². The molecule has 0 saturated heterocycles. The molecule has 48 heavy (non-hydrogen) atoms. The van der Waals surface area contributed by atoms with E-state index in [1.54, 1.807) is 93.6 Å². The van der Waals surface area contributed by atoms with Gasteiger partial charge in [-0.3, -0.25) is 4.90 Å². The molecule has 1 aliphatic heterocycles. The molecule has 0 radical (unpaired) electrons. The van der Waals surface area contributed by atoms with E-state index >= 15 is 0 Å². The normalized spacial score (nSPS) is 19.0. The van der Waals surface area contributed by atoms with Gasteiger partial charge >= 0.3 is 24.5 Å². The number of nitrogens with zero attached hydrogens (tertiary/aromatic N) is 1. The van der Waals surface area contributed by atoms with Crippen molar-refractivity contribution >= 4 is 12.2 Å². The molecule has 0 fully saturated rings. The molecule has 3 aromatic carbocycles. The van der Waals surface area contributed by atoms with E-state index in [-0.39, 0.29) is 24.8 Å². The number of benzene rings is 3. The highest BCUT2D eigenvalue weighted by Crippen LogP contribution is 2.40. The van der Waals surface area contributed by atoms with Crippen molar-refractivity contribution in [1.82, 2.24) is 10.2 Å². The molecule has 13 heteroatoms. The monoisotopic (exact) mass is 678 g/mol. The van der Waals surface area contributed by atoms with Crippen LogP contribution in [0.4, 0.5) is 35.9 Å². The molecule has 1 aliphatic rings. The first-order valence-electron chi connectivity index (χ1n) is 15.0. The third-order valence-electron chi connectivity index (χ3n) is 7.50. The minimum atomic E-state index is -5.04. The maximum absolute atomic E-state index is 13.9. The first kappa shape index (κ1) is 36.3. The fourth-order valence-corrected chi connectivity index (χ4v) is 5.12. The van der Waals surface area contributed by atoms with E-state index < -0.39 is 65.6 Å². The van der Waals surface area contributed by atoms with Gasteiger partial charge in [0.1, 0.15) is 17.7 Å². The highest BCUT2D eigenvalue weighted by molar-refractivity contribution is 5.72. The van der Waals surface area contributed by atoms with Crippen molar-refractivity contribution in [3.05, 3.63) is 119 Å². The summed E-state index contributed by atoms with van der Waals surface area (Å²) in [6.45, 7) is 5.76. The van der Waals surface area contributed by atoms with Gasteiger partial charge in [-0.2, -0.15) is 26.3 Å². The standard InChI is InChI=1S/C35H36F6N2O5/c1-23(25-17-27(34(36,37)38)19-28(18-25)35(39,40)41)47-22-33(26-13-9-6-10-14-26)16-15-29(42-30(44)48-32(2,3)4)20-43(33)31(45)46-21-24-11-7-5-8-12-24/h5-19,23,29H,20-22H2,1-4H3,(H,42,44)/t23-,29?,33-/m1/s1. The van der Waals surface area contributed by atoms with Crippen LogP contribution in [-0.2, 0) is 38.7 Å². The molecule has 0 bridgehead atoms. The van der Waals surface area contributed by atoms with Gasteiger partial charge in [-0.15, -0.1) is 0 Å². The summed E-state index contributed by atoms with van der Waals surface area (Å²) >= 11 is 0. The van der Waals surface area contributed by atoms with Crippen molar-refractivity contribution in [2.24, 2.45) is 0 Å². The second-order valence-electron chi connectivity index (χ2n) is 12.3. The Hall–Kier alpha value is -4.52. The maximum atomic E-state index is 13.9. The van der Waals surface area contributed by atoms with E-state index in [0.717, 1.165) is 0 Å². The van der Waals surface area contributed by atoms with Gasteiger partial charge in [0.2, 0.25) is 0 Å². The lowest BCUT2D eigenvalue weighted by atomic mass is 9.84. The number of halogens is 6. The van der Waals surface area contributed by atoms with Gasteiger partial charge in [0.25, 0.3) is 0 Å². The first-order valence-corrected chi connectivity index (χ1v) is 15.0. The third kappa shape index (κ3) is 9.30. The number of amides is 2. The lowest BCUT2D eigenvalue weighted by Crippen LogP contribution is -2.59. The molecule has 0 saturated carbocycles. The molecule has 0 aromatic heterocycles. The molecule has 7 nitrogen and oxygen atoms in total. The van der Waals surface area contributed by atoms with E-state index in [0.29, 0.717) is 23.3 Å². The molecular formula is C35H36F6N2O5. The lowest BCUT2D eigenvalue weighted by Gasteiger charge is -2.46. The van der Waals surface area contributed by atoms with Gasteiger partial charge in [-0.05, 0) is 62.6 Å². The fraction of sp³-hybridized carbons (Fsp3) is 0.371. The van der Waals surface area contributed by atoms with Crippen LogP contribution in [0, 0.1) is 0 Å². The fourth-order valence-electron chi connectivity index (χ4n) is 5.12. The summed E-state index contributed by atoms with van der Waals surface area (Å²) in [6, 6.07) is 17.9. The molecule has 3 aromatic rings. The Morgan fingerprint density at radius 1 is 0.896 bits per heavy atom. The largest absolute Gasteiger partial charge is 0.445 e. The van der Waals surface area contributed by atoms with Gasteiger partial charge in [-0.25, -0.2) is 9.59 Å². The van der Waals surface area contributed by atoms with Crippen LogP contribution in [-0.4, -0.2) is 41.9 Å². The molecule has 3 atom stereocenters. The summed E-state index contributed by atoms with van der Waals surface area (Å²) < 4.78 is 98.7. The highest BCUT2D eigenvalue weighted by Gasteiger charge is 2.45. The molecule has 0 spiro atoms. The van der Waals surface area contributed by atoms with E-state index in [1.165, 1.54) is 11.8 Å². The third-order valence-corrected chi connectivity index (χ3v) is 7.50. The smallest absolute Gasteiger partial charge is 0.416 e. The number of hydrogen-bond donors (Lipinski definition) is 1. The Kier molecular flexibility index (Phi) is 10.8. The Bertz CT molecular complexity index is 1560. The number of alkyl halides is 6. The number of carbonyl (C=O) groups is 2. The first-order chi connectivity index (χ1) is 22.4. The average Bonchev–Trinajstić information content (AvgIpc) is 3.02. The molecule has 1 unspecified atom stereocenters. The Morgan fingerprint density at radius 2 is 1.46 bits per heavy atom. The number of rotatable bonds is 8. The van der Waals surface area contributed by atoms with Gasteiger partial charge in [0.15, 0.2) is 0 Å². The summed E-state index contributed by atoms with van der Waals surface area (Å²) in [7, 11) is 0. The van der Waals surface area contributed by atoms with Gasteiger partial charge < -0.3 is 19.5 Å². The second-order valence-corrected chi connectivity index (χ2v) is 12.3. The molecule has 2 amide bonds. The average molecular weight is 679 g/mol. The molecular weight excluding hydrogens is 642 g/mol. The number of hydrogen-bond acceptors (Lipinski definition) is 5. The van der Waals surface area contributed by atoms with Crippen molar-refractivity contribution in [2.75, 3.05) is 13.2 Å². The van der Waals surface area contributed by atoms with Crippen molar-refractivity contribution in [2.45, 2.75) is 69.9 Å². The van der Waals surface area contributed by atoms with E-state index in [2.05, 4.69) is 5.32 Å². The second kappa shape index (κ2) is 14.3. The van der Waals surface area contributed by atoms with Crippen LogP contribution < -0.4 is 5.32 Å². The number of carbonyl (C=O) groups excluding carboxylic acids is 2. The predicted octanol–water partition coefficient (Wildman–Crippen LogP) is 8.80. The van der Waals surface area contributed by atoms with Crippen LogP contribution in [0.25, 0.3) is 0 Å². The molecule has 4 rings (SSSR count). The highest BCUT2D eigenvalue weighted by atomic mass is 19.4. The van der Waals surface area contributed by atoms with Gasteiger partial charge in [0.05, 0.1) is 29.9 Å². The van der Waals surface area contributed by atoms with Crippen molar-refractivity contribution in [3.8, 4) is 0 Å². The molecule has 1 heterocycles. The van der Waals surface area contributed by atoms with Crippen LogP contribution in [0.5, 0.6) is 0 Å². The minimum absolute atomic E-state index is 0.0494. The number of nitrogens with one attached hydrogen (secondary N) is 1. The van der Waals surface area contributed by atoms with Crippen LogP contribution in [0.2, 0.25) is 0 Å². The predicted molar refractivity (Wildman–Crippen MR) is 165 cm³/mol. The topological polar surface area (TPSA) is 77.1 Å². The van der Waals surface area contributed by atoms with Crippen molar-refractivity contribution < 1.29 is 50.1 Å². The summed E-state index contributed by atoms with van der Waals surface area (Å²) in [4.78, 5) is 27.8. The Balaban J connectivity index is 1.72. The number of alkyl carbamates (subject to hydrolysis) is 1. The summed E-state index contributed by atoms with van der Waals surface area (Å²) in [6.07, 6.45) is -9.68. The zero-order chi connectivity index (χ0) is 35.3. The quantitative estimate of drug-likeness (QED) is 0.190. The van der Waals surface area contributed by atoms with E-state index in [4.69, 9.17) is 14.2 Å². The van der Waals surface area contributed by atoms with Crippen LogP contribution >= 0.6 is 0 Å². The van der Waals surface area contributed by atoms with Crippen molar-refractivity contribution in [3.63, 3.8) is 0 Å². The van der Waals surface area contributed by atoms with Crippen LogP contribution in [0.15, 0.2) is 91.0 Å². The SMILES string of the molecule is C[C@@H](OC[C@@]1(c2ccccc2)C=CC(NC(=O)OC(C)(C)C)CN1C(=O)OCc1ccccc1)c1cc(C(F)(F)F)cc(C(F)(F)F)c1. The van der Waals surface area contributed by atoms with Crippen LogP contribution in [0.1, 0.15) is 61.6 Å². The minimum Gasteiger partial charge on any atom is -0.445 e. The number of ether oxygens (including phenoxy) is 3. The molecule has 1 N–H and O–H groups in total. The van der Waals surface area contributed by atoms with Gasteiger partial charge in [-0.1, -0.05) is 72.8 Å². The molecule has 258 valence electrons. The van der Waals surface area contributed by atoms with Gasteiger partial charge in [0, 0.05) is 6.54 Å². The Labute approximate surface area is 274 Å².